The summed E-state index contributed by atoms with van der Waals surface area (Å²) in [4.78, 5) is 23.3. The van der Waals surface area contributed by atoms with Crippen LogP contribution in [0.1, 0.15) is 53.8 Å². The van der Waals surface area contributed by atoms with Crippen LogP contribution in [0.15, 0.2) is 47.1 Å². The lowest BCUT2D eigenvalue weighted by atomic mass is 10.1. The lowest BCUT2D eigenvalue weighted by Gasteiger charge is -2.27. The van der Waals surface area contributed by atoms with E-state index < -0.39 is 0 Å². The smallest absolute Gasteiger partial charge is 0.274 e. The Kier molecular flexibility index (Phi) is 4.91. The van der Waals surface area contributed by atoms with Gasteiger partial charge in [0.05, 0.1) is 11.9 Å². The number of amides is 1. The first kappa shape index (κ1) is 17.3. The van der Waals surface area contributed by atoms with E-state index in [1.807, 2.05) is 37.3 Å². The Morgan fingerprint density at radius 3 is 2.70 bits per heavy atom. The minimum atomic E-state index is -0.243. The van der Waals surface area contributed by atoms with E-state index in [0.29, 0.717) is 24.0 Å². The summed E-state index contributed by atoms with van der Waals surface area (Å²) in [6.45, 7) is 2.49. The number of nitrogens with zero attached hydrogens (tertiary/aromatic N) is 5. The SMILES string of the molecule is Cc1cnc(C(=O)N2CCCCC[C@H]2c2nnc(-c3ccccc3)o2)cn1. The lowest BCUT2D eigenvalue weighted by molar-refractivity contribution is 0.0646. The number of carbonyl (C=O) groups is 1. The Balaban J connectivity index is 1.63. The molecule has 3 aromatic rings. The molecule has 1 aromatic carbocycles. The first-order chi connectivity index (χ1) is 13.2. The lowest BCUT2D eigenvalue weighted by Crippen LogP contribution is -2.35. The van der Waals surface area contributed by atoms with Gasteiger partial charge in [-0.3, -0.25) is 9.78 Å². The van der Waals surface area contributed by atoms with Crippen molar-refractivity contribution >= 4 is 5.91 Å². The van der Waals surface area contributed by atoms with E-state index in [1.54, 1.807) is 11.1 Å². The standard InChI is InChI=1S/C20H21N5O2/c1-14-12-22-16(13-21-14)20(26)25-11-7-3-6-10-17(25)19-24-23-18(27-19)15-8-4-2-5-9-15/h2,4-5,8-9,12-13,17H,3,6-7,10-11H2,1H3/t17-/m0/s1. The molecule has 0 aliphatic carbocycles. The normalized spacial score (nSPS) is 17.5. The van der Waals surface area contributed by atoms with E-state index in [9.17, 15) is 4.79 Å². The van der Waals surface area contributed by atoms with Crippen molar-refractivity contribution in [3.63, 3.8) is 0 Å². The van der Waals surface area contributed by atoms with Crippen LogP contribution in [0.2, 0.25) is 0 Å². The van der Waals surface area contributed by atoms with Crippen molar-refractivity contribution in [1.82, 2.24) is 25.1 Å². The van der Waals surface area contributed by atoms with Crippen molar-refractivity contribution < 1.29 is 9.21 Å². The van der Waals surface area contributed by atoms with Crippen LogP contribution in [-0.4, -0.2) is 37.5 Å². The van der Waals surface area contributed by atoms with Crippen LogP contribution in [-0.2, 0) is 0 Å². The second kappa shape index (κ2) is 7.65. The molecule has 138 valence electrons. The summed E-state index contributed by atoms with van der Waals surface area (Å²) in [5, 5.41) is 8.44. The van der Waals surface area contributed by atoms with Gasteiger partial charge in [0.15, 0.2) is 0 Å². The number of aromatic nitrogens is 4. The summed E-state index contributed by atoms with van der Waals surface area (Å²) in [5.74, 6) is 0.801. The topological polar surface area (TPSA) is 85.0 Å². The predicted octanol–water partition coefficient (Wildman–Crippen LogP) is 3.59. The highest BCUT2D eigenvalue weighted by atomic mass is 16.4. The molecule has 0 N–H and O–H groups in total. The quantitative estimate of drug-likeness (QED) is 0.707. The van der Waals surface area contributed by atoms with Crippen LogP contribution in [0.3, 0.4) is 0 Å². The molecule has 0 bridgehead atoms. The zero-order valence-electron chi connectivity index (χ0n) is 15.2. The number of likely N-dealkylation sites (tertiary alicyclic amines) is 1. The molecule has 1 aliphatic heterocycles. The predicted molar refractivity (Wildman–Crippen MR) is 98.7 cm³/mol. The number of aryl methyl sites for hydroxylation is 1. The van der Waals surface area contributed by atoms with Crippen molar-refractivity contribution in [1.29, 1.82) is 0 Å². The zero-order valence-corrected chi connectivity index (χ0v) is 15.2. The van der Waals surface area contributed by atoms with Crippen LogP contribution in [0.25, 0.3) is 11.5 Å². The van der Waals surface area contributed by atoms with Crippen LogP contribution in [0.5, 0.6) is 0 Å². The van der Waals surface area contributed by atoms with Gasteiger partial charge in [0.2, 0.25) is 11.8 Å². The molecule has 1 aliphatic rings. The first-order valence-corrected chi connectivity index (χ1v) is 9.21. The highest BCUT2D eigenvalue weighted by Gasteiger charge is 2.32. The van der Waals surface area contributed by atoms with Crippen molar-refractivity contribution in [3.05, 3.63) is 60.0 Å². The van der Waals surface area contributed by atoms with Crippen molar-refractivity contribution in [2.45, 2.75) is 38.6 Å². The molecule has 3 heterocycles. The maximum Gasteiger partial charge on any atom is 0.274 e. The van der Waals surface area contributed by atoms with Gasteiger partial charge in [-0.15, -0.1) is 10.2 Å². The third-order valence-corrected chi connectivity index (χ3v) is 4.76. The van der Waals surface area contributed by atoms with E-state index in [-0.39, 0.29) is 11.9 Å². The van der Waals surface area contributed by atoms with Gasteiger partial charge in [-0.1, -0.05) is 31.0 Å². The van der Waals surface area contributed by atoms with Gasteiger partial charge in [0.1, 0.15) is 11.7 Å². The highest BCUT2D eigenvalue weighted by Crippen LogP contribution is 2.32. The average Bonchev–Trinajstić information content (AvgIpc) is 3.07. The van der Waals surface area contributed by atoms with Gasteiger partial charge in [-0.2, -0.15) is 0 Å². The molecule has 7 heteroatoms. The van der Waals surface area contributed by atoms with Gasteiger partial charge in [0.25, 0.3) is 5.91 Å². The maximum absolute atomic E-state index is 13.1. The number of carbonyl (C=O) groups excluding carboxylic acids is 1. The molecule has 2 aromatic heterocycles. The van der Waals surface area contributed by atoms with E-state index in [2.05, 4.69) is 20.2 Å². The Hall–Kier alpha value is -3.09. The Morgan fingerprint density at radius 2 is 1.93 bits per heavy atom. The fourth-order valence-corrected chi connectivity index (χ4v) is 3.32. The molecule has 1 amide bonds. The summed E-state index contributed by atoms with van der Waals surface area (Å²) in [6.07, 6.45) is 6.96. The summed E-state index contributed by atoms with van der Waals surface area (Å²) >= 11 is 0. The van der Waals surface area contributed by atoms with E-state index in [0.717, 1.165) is 36.9 Å². The zero-order chi connectivity index (χ0) is 18.6. The monoisotopic (exact) mass is 363 g/mol. The van der Waals surface area contributed by atoms with Crippen LogP contribution < -0.4 is 0 Å². The highest BCUT2D eigenvalue weighted by molar-refractivity contribution is 5.92. The van der Waals surface area contributed by atoms with E-state index >= 15 is 0 Å². The molecule has 1 fully saturated rings. The molecule has 7 nitrogen and oxygen atoms in total. The second-order valence-corrected chi connectivity index (χ2v) is 6.72. The van der Waals surface area contributed by atoms with Crippen LogP contribution >= 0.6 is 0 Å². The third kappa shape index (κ3) is 3.72. The number of rotatable bonds is 3. The van der Waals surface area contributed by atoms with Crippen molar-refractivity contribution in [2.75, 3.05) is 6.54 Å². The average molecular weight is 363 g/mol. The van der Waals surface area contributed by atoms with E-state index in [1.165, 1.54) is 6.20 Å². The summed E-state index contributed by atoms with van der Waals surface area (Å²) in [7, 11) is 0. The van der Waals surface area contributed by atoms with Gasteiger partial charge >= 0.3 is 0 Å². The fraction of sp³-hybridized carbons (Fsp3) is 0.350. The maximum atomic E-state index is 13.1. The number of hydrogen-bond acceptors (Lipinski definition) is 6. The number of benzene rings is 1. The van der Waals surface area contributed by atoms with Crippen molar-refractivity contribution in [2.24, 2.45) is 0 Å². The third-order valence-electron chi connectivity index (χ3n) is 4.76. The molecule has 4 rings (SSSR count). The Bertz CT molecular complexity index is 908. The minimum absolute atomic E-state index is 0.145. The molecular weight excluding hydrogens is 342 g/mol. The summed E-state index contributed by atoms with van der Waals surface area (Å²) < 4.78 is 5.95. The molecule has 0 unspecified atom stereocenters. The number of hydrogen-bond donors (Lipinski definition) is 0. The summed E-state index contributed by atoms with van der Waals surface area (Å²) in [6, 6.07) is 9.40. The largest absolute Gasteiger partial charge is 0.418 e. The Labute approximate surface area is 157 Å². The van der Waals surface area contributed by atoms with Crippen LogP contribution in [0, 0.1) is 6.92 Å². The van der Waals surface area contributed by atoms with Crippen molar-refractivity contribution in [3.8, 4) is 11.5 Å². The molecule has 1 atom stereocenters. The molecule has 27 heavy (non-hydrogen) atoms. The van der Waals surface area contributed by atoms with Gasteiger partial charge in [-0.05, 0) is 31.9 Å². The van der Waals surface area contributed by atoms with E-state index in [4.69, 9.17) is 4.42 Å². The van der Waals surface area contributed by atoms with Crippen LogP contribution in [0.4, 0.5) is 0 Å². The fourth-order valence-electron chi connectivity index (χ4n) is 3.32. The molecular formula is C20H21N5O2. The van der Waals surface area contributed by atoms with Gasteiger partial charge in [0, 0.05) is 18.3 Å². The minimum Gasteiger partial charge on any atom is -0.418 e. The van der Waals surface area contributed by atoms with Gasteiger partial charge < -0.3 is 9.32 Å². The Morgan fingerprint density at radius 1 is 1.07 bits per heavy atom. The second-order valence-electron chi connectivity index (χ2n) is 6.72. The van der Waals surface area contributed by atoms with Gasteiger partial charge in [-0.25, -0.2) is 4.98 Å². The summed E-state index contributed by atoms with van der Waals surface area (Å²) in [5.41, 5.74) is 1.99. The molecule has 0 spiro atoms. The first-order valence-electron chi connectivity index (χ1n) is 9.21. The molecule has 0 radical (unpaired) electrons. The molecule has 0 saturated carbocycles. The molecule has 1 saturated heterocycles.